The molecule has 0 saturated carbocycles. The van der Waals surface area contributed by atoms with E-state index in [1.54, 1.807) is 36.4 Å². The number of nitrogens with one attached hydrogen (secondary N) is 2. The van der Waals surface area contributed by atoms with Crippen LogP contribution in [0.4, 0.5) is 5.69 Å². The number of hydrogen-bond acceptors (Lipinski definition) is 4. The van der Waals surface area contributed by atoms with Crippen LogP contribution in [-0.2, 0) is 14.3 Å². The smallest absolute Gasteiger partial charge is 0.325 e. The standard InChI is InChI=1S/C21H18N2O4/c24-19(23-18-11-10-15-6-4-5-9-17(15)12-18)14-27-20(25)13-22-21(26)16-7-2-1-3-8-16/h1-12H,13-14H2,(H,22,26)(H,23,24). The summed E-state index contributed by atoms with van der Waals surface area (Å²) in [4.78, 5) is 35.5. The monoisotopic (exact) mass is 362 g/mol. The van der Waals surface area contributed by atoms with Crippen LogP contribution >= 0.6 is 0 Å². The number of amides is 2. The zero-order valence-electron chi connectivity index (χ0n) is 14.5. The van der Waals surface area contributed by atoms with Gasteiger partial charge >= 0.3 is 5.97 Å². The van der Waals surface area contributed by atoms with Crippen molar-refractivity contribution < 1.29 is 19.1 Å². The summed E-state index contributed by atoms with van der Waals surface area (Å²) in [5, 5.41) is 7.19. The molecule has 0 saturated heterocycles. The van der Waals surface area contributed by atoms with Crippen molar-refractivity contribution in [2.45, 2.75) is 0 Å². The van der Waals surface area contributed by atoms with Crippen molar-refractivity contribution in [3.8, 4) is 0 Å². The molecule has 27 heavy (non-hydrogen) atoms. The lowest BCUT2D eigenvalue weighted by Gasteiger charge is -2.08. The second-order valence-corrected chi connectivity index (χ2v) is 5.82. The van der Waals surface area contributed by atoms with Gasteiger partial charge in [0.05, 0.1) is 0 Å². The van der Waals surface area contributed by atoms with Gasteiger partial charge in [-0.05, 0) is 35.0 Å². The number of carbonyl (C=O) groups excluding carboxylic acids is 3. The van der Waals surface area contributed by atoms with Gasteiger partial charge in [0, 0.05) is 11.3 Å². The molecular weight excluding hydrogens is 344 g/mol. The zero-order chi connectivity index (χ0) is 19.1. The number of esters is 1. The molecule has 0 fully saturated rings. The van der Waals surface area contributed by atoms with Gasteiger partial charge in [0.1, 0.15) is 6.54 Å². The van der Waals surface area contributed by atoms with E-state index in [9.17, 15) is 14.4 Å². The molecule has 3 aromatic rings. The number of carbonyl (C=O) groups is 3. The van der Waals surface area contributed by atoms with E-state index in [-0.39, 0.29) is 12.5 Å². The van der Waals surface area contributed by atoms with Crippen LogP contribution < -0.4 is 10.6 Å². The fourth-order valence-corrected chi connectivity index (χ4v) is 2.51. The van der Waals surface area contributed by atoms with E-state index >= 15 is 0 Å². The molecule has 6 nitrogen and oxygen atoms in total. The third-order valence-corrected chi connectivity index (χ3v) is 3.83. The zero-order valence-corrected chi connectivity index (χ0v) is 14.5. The molecule has 0 bridgehead atoms. The average Bonchev–Trinajstić information content (AvgIpc) is 2.71. The van der Waals surface area contributed by atoms with Crippen molar-refractivity contribution in [3.63, 3.8) is 0 Å². The minimum Gasteiger partial charge on any atom is -0.454 e. The number of hydrogen-bond donors (Lipinski definition) is 2. The van der Waals surface area contributed by atoms with Gasteiger partial charge in [-0.2, -0.15) is 0 Å². The number of fused-ring (bicyclic) bond motifs is 1. The Morgan fingerprint density at radius 1 is 0.815 bits per heavy atom. The normalized spacial score (nSPS) is 10.2. The predicted molar refractivity (Wildman–Crippen MR) is 102 cm³/mol. The molecule has 136 valence electrons. The van der Waals surface area contributed by atoms with Crippen molar-refractivity contribution >= 4 is 34.2 Å². The summed E-state index contributed by atoms with van der Waals surface area (Å²) in [7, 11) is 0. The van der Waals surface area contributed by atoms with Gasteiger partial charge in [0.25, 0.3) is 11.8 Å². The van der Waals surface area contributed by atoms with Crippen LogP contribution in [0.25, 0.3) is 10.8 Å². The predicted octanol–water partition coefficient (Wildman–Crippen LogP) is 2.75. The Hall–Kier alpha value is -3.67. The van der Waals surface area contributed by atoms with Gasteiger partial charge in [0.15, 0.2) is 6.61 Å². The Labute approximate surface area is 156 Å². The molecule has 0 aliphatic carbocycles. The highest BCUT2D eigenvalue weighted by atomic mass is 16.5. The molecule has 0 atom stereocenters. The summed E-state index contributed by atoms with van der Waals surface area (Å²) >= 11 is 0. The van der Waals surface area contributed by atoms with Crippen LogP contribution in [0.3, 0.4) is 0 Å². The first-order valence-electron chi connectivity index (χ1n) is 8.39. The molecule has 0 spiro atoms. The summed E-state index contributed by atoms with van der Waals surface area (Å²) < 4.78 is 4.88. The van der Waals surface area contributed by atoms with Crippen LogP contribution in [0.15, 0.2) is 72.8 Å². The fraction of sp³-hybridized carbons (Fsp3) is 0.0952. The van der Waals surface area contributed by atoms with E-state index in [4.69, 9.17) is 4.74 Å². The lowest BCUT2D eigenvalue weighted by atomic mass is 10.1. The van der Waals surface area contributed by atoms with Crippen molar-refractivity contribution in [2.75, 3.05) is 18.5 Å². The van der Waals surface area contributed by atoms with Gasteiger partial charge in [-0.15, -0.1) is 0 Å². The lowest BCUT2D eigenvalue weighted by Crippen LogP contribution is -2.32. The summed E-state index contributed by atoms with van der Waals surface area (Å²) in [5.74, 6) is -1.52. The molecule has 6 heteroatoms. The Bertz CT molecular complexity index is 970. The number of benzene rings is 3. The minimum absolute atomic E-state index is 0.309. The van der Waals surface area contributed by atoms with E-state index in [0.717, 1.165) is 10.8 Å². The number of rotatable bonds is 6. The highest BCUT2D eigenvalue weighted by Gasteiger charge is 2.11. The average molecular weight is 362 g/mol. The van der Waals surface area contributed by atoms with Crippen molar-refractivity contribution in [3.05, 3.63) is 78.4 Å². The molecular formula is C21H18N2O4. The second-order valence-electron chi connectivity index (χ2n) is 5.82. The van der Waals surface area contributed by atoms with Gasteiger partial charge < -0.3 is 15.4 Å². The third-order valence-electron chi connectivity index (χ3n) is 3.83. The first kappa shape index (κ1) is 18.1. The van der Waals surface area contributed by atoms with E-state index in [2.05, 4.69) is 10.6 Å². The maximum Gasteiger partial charge on any atom is 0.325 e. The van der Waals surface area contributed by atoms with Crippen molar-refractivity contribution in [1.29, 1.82) is 0 Å². The number of anilines is 1. The lowest BCUT2D eigenvalue weighted by molar-refractivity contribution is -0.146. The van der Waals surface area contributed by atoms with Crippen LogP contribution in [0.1, 0.15) is 10.4 Å². The van der Waals surface area contributed by atoms with Gasteiger partial charge in [-0.25, -0.2) is 0 Å². The van der Waals surface area contributed by atoms with E-state index in [1.165, 1.54) is 0 Å². The van der Waals surface area contributed by atoms with Crippen molar-refractivity contribution in [2.24, 2.45) is 0 Å². The van der Waals surface area contributed by atoms with Crippen LogP contribution in [-0.4, -0.2) is 30.9 Å². The summed E-state index contributed by atoms with van der Waals surface area (Å²) in [6.07, 6.45) is 0. The van der Waals surface area contributed by atoms with Crippen LogP contribution in [0, 0.1) is 0 Å². The largest absolute Gasteiger partial charge is 0.454 e. The Morgan fingerprint density at radius 3 is 2.30 bits per heavy atom. The highest BCUT2D eigenvalue weighted by Crippen LogP contribution is 2.18. The summed E-state index contributed by atoms with van der Waals surface area (Å²) in [6.45, 7) is -0.732. The van der Waals surface area contributed by atoms with E-state index in [1.807, 2.05) is 36.4 Å². The molecule has 0 aromatic heterocycles. The third kappa shape index (κ3) is 5.15. The molecule has 2 N–H and O–H groups in total. The molecule has 3 aromatic carbocycles. The maximum atomic E-state index is 11.9. The molecule has 3 rings (SSSR count). The molecule has 0 aliphatic rings. The van der Waals surface area contributed by atoms with Crippen LogP contribution in [0.2, 0.25) is 0 Å². The SMILES string of the molecule is O=C(COC(=O)CNC(=O)c1ccccc1)Nc1ccc2ccccc2c1. The maximum absolute atomic E-state index is 11.9. The van der Waals surface area contributed by atoms with E-state index in [0.29, 0.717) is 11.3 Å². The highest BCUT2D eigenvalue weighted by molar-refractivity contribution is 5.97. The van der Waals surface area contributed by atoms with Crippen LogP contribution in [0.5, 0.6) is 0 Å². The first-order chi connectivity index (χ1) is 13.1. The number of ether oxygens (including phenoxy) is 1. The Kier molecular flexibility index (Phi) is 5.79. The molecule has 0 aliphatic heterocycles. The van der Waals surface area contributed by atoms with Gasteiger partial charge in [-0.1, -0.05) is 48.5 Å². The molecule has 0 radical (unpaired) electrons. The first-order valence-corrected chi connectivity index (χ1v) is 8.39. The summed E-state index contributed by atoms with van der Waals surface area (Å²) in [5.41, 5.74) is 1.06. The minimum atomic E-state index is -0.687. The molecule has 0 heterocycles. The second kappa shape index (κ2) is 8.62. The Balaban J connectivity index is 1.44. The quantitative estimate of drug-likeness (QED) is 0.661. The van der Waals surface area contributed by atoms with Gasteiger partial charge in [-0.3, -0.25) is 14.4 Å². The topological polar surface area (TPSA) is 84.5 Å². The summed E-state index contributed by atoms with van der Waals surface area (Å²) in [6, 6.07) is 21.8. The van der Waals surface area contributed by atoms with Gasteiger partial charge in [0.2, 0.25) is 0 Å². The Morgan fingerprint density at radius 2 is 1.52 bits per heavy atom. The van der Waals surface area contributed by atoms with Crippen molar-refractivity contribution in [1.82, 2.24) is 5.32 Å². The van der Waals surface area contributed by atoms with E-state index < -0.39 is 18.5 Å². The molecule has 0 unspecified atom stereocenters. The fourth-order valence-electron chi connectivity index (χ4n) is 2.51. The molecule has 2 amide bonds.